The van der Waals surface area contributed by atoms with Gasteiger partial charge in [0.25, 0.3) is 0 Å². The van der Waals surface area contributed by atoms with Crippen LogP contribution in [0.1, 0.15) is 43.7 Å². The first-order valence-corrected chi connectivity index (χ1v) is 11.5. The van der Waals surface area contributed by atoms with Crippen molar-refractivity contribution >= 4 is 18.0 Å². The van der Waals surface area contributed by atoms with Gasteiger partial charge in [-0.3, -0.25) is 4.79 Å². The van der Waals surface area contributed by atoms with Crippen LogP contribution >= 0.6 is 0 Å². The van der Waals surface area contributed by atoms with Crippen LogP contribution in [0.2, 0.25) is 0 Å². The molecule has 0 saturated carbocycles. The zero-order chi connectivity index (χ0) is 24.3. The van der Waals surface area contributed by atoms with Crippen LogP contribution in [0, 0.1) is 5.92 Å². The number of amides is 2. The van der Waals surface area contributed by atoms with Crippen molar-refractivity contribution in [1.82, 2.24) is 10.6 Å². The van der Waals surface area contributed by atoms with Gasteiger partial charge in [-0.2, -0.15) is 0 Å². The second-order valence-corrected chi connectivity index (χ2v) is 9.26. The summed E-state index contributed by atoms with van der Waals surface area (Å²) in [6.07, 6.45) is -0.456. The molecule has 2 aliphatic rings. The predicted molar refractivity (Wildman–Crippen MR) is 125 cm³/mol. The standard InChI is InChI=1S/C26H30N2O6/c1-16(2)22(13-23(29)28-26(24(30)31)11-12-33-15-26)27-25(32)34-14-21-19-9-5-3-7-17(19)18-8-4-6-10-20(18)21/h3-10,16,21-22H,11-15H2,1-2H3,(H,27,32)(H,28,29)(H,30,31)/t22-,26?/m0/s1. The lowest BCUT2D eigenvalue weighted by Gasteiger charge is -2.27. The van der Waals surface area contributed by atoms with Gasteiger partial charge in [-0.05, 0) is 28.2 Å². The van der Waals surface area contributed by atoms with Crippen LogP contribution in [0.5, 0.6) is 0 Å². The van der Waals surface area contributed by atoms with E-state index in [1.165, 1.54) is 0 Å². The van der Waals surface area contributed by atoms with Gasteiger partial charge < -0.3 is 25.2 Å². The number of carbonyl (C=O) groups is 3. The summed E-state index contributed by atoms with van der Waals surface area (Å²) in [5.41, 5.74) is 3.12. The average molecular weight is 467 g/mol. The summed E-state index contributed by atoms with van der Waals surface area (Å²) in [6.45, 7) is 4.15. The Hall–Kier alpha value is -3.39. The molecule has 2 amide bonds. The fourth-order valence-electron chi connectivity index (χ4n) is 4.65. The highest BCUT2D eigenvalue weighted by Gasteiger charge is 2.44. The van der Waals surface area contributed by atoms with Crippen LogP contribution in [-0.4, -0.2) is 54.5 Å². The first-order valence-electron chi connectivity index (χ1n) is 11.5. The second kappa shape index (κ2) is 9.85. The minimum atomic E-state index is -1.41. The number of fused-ring (bicyclic) bond motifs is 3. The van der Waals surface area contributed by atoms with Gasteiger partial charge in [0, 0.05) is 31.4 Å². The van der Waals surface area contributed by atoms with Crippen molar-refractivity contribution < 1.29 is 29.0 Å². The van der Waals surface area contributed by atoms with E-state index in [9.17, 15) is 19.5 Å². The van der Waals surface area contributed by atoms with Gasteiger partial charge in [-0.25, -0.2) is 9.59 Å². The summed E-state index contributed by atoms with van der Waals surface area (Å²) < 4.78 is 10.8. The zero-order valence-corrected chi connectivity index (χ0v) is 19.4. The van der Waals surface area contributed by atoms with E-state index in [-0.39, 0.29) is 44.5 Å². The van der Waals surface area contributed by atoms with Crippen molar-refractivity contribution in [1.29, 1.82) is 0 Å². The maximum atomic E-state index is 12.7. The number of carboxylic acids is 1. The molecule has 2 aromatic rings. The van der Waals surface area contributed by atoms with Gasteiger partial charge in [0.15, 0.2) is 5.54 Å². The molecule has 0 aromatic heterocycles. The lowest BCUT2D eigenvalue weighted by molar-refractivity contribution is -0.147. The van der Waals surface area contributed by atoms with E-state index in [4.69, 9.17) is 9.47 Å². The molecule has 2 atom stereocenters. The summed E-state index contributed by atoms with van der Waals surface area (Å²) >= 11 is 0. The van der Waals surface area contributed by atoms with Crippen LogP contribution < -0.4 is 10.6 Å². The van der Waals surface area contributed by atoms with E-state index < -0.39 is 29.6 Å². The van der Waals surface area contributed by atoms with Gasteiger partial charge in [-0.15, -0.1) is 0 Å². The van der Waals surface area contributed by atoms with E-state index in [2.05, 4.69) is 22.8 Å². The number of aliphatic carboxylic acids is 1. The molecule has 4 rings (SSSR count). The molecular weight excluding hydrogens is 436 g/mol. The summed E-state index contributed by atoms with van der Waals surface area (Å²) in [7, 11) is 0. The normalized spacial score (nSPS) is 19.9. The van der Waals surface area contributed by atoms with Gasteiger partial charge in [0.1, 0.15) is 6.61 Å². The molecular formula is C26H30N2O6. The lowest BCUT2D eigenvalue weighted by atomic mass is 9.96. The zero-order valence-electron chi connectivity index (χ0n) is 19.4. The number of alkyl carbamates (subject to hydrolysis) is 1. The number of rotatable bonds is 8. The van der Waals surface area contributed by atoms with Crippen molar-refractivity contribution in [3.05, 3.63) is 59.7 Å². The minimum Gasteiger partial charge on any atom is -0.479 e. The molecule has 8 nitrogen and oxygen atoms in total. The highest BCUT2D eigenvalue weighted by atomic mass is 16.5. The summed E-state index contributed by atoms with van der Waals surface area (Å²) in [5, 5.41) is 14.9. The largest absolute Gasteiger partial charge is 0.479 e. The molecule has 1 fully saturated rings. The number of ether oxygens (including phenoxy) is 2. The predicted octanol–water partition coefficient (Wildman–Crippen LogP) is 3.30. The quantitative estimate of drug-likeness (QED) is 0.550. The smallest absolute Gasteiger partial charge is 0.407 e. The number of benzene rings is 2. The highest BCUT2D eigenvalue weighted by Crippen LogP contribution is 2.44. The Bertz CT molecular complexity index is 1030. The van der Waals surface area contributed by atoms with E-state index in [1.54, 1.807) is 0 Å². The molecule has 1 aliphatic heterocycles. The molecule has 1 aliphatic carbocycles. The number of carbonyl (C=O) groups excluding carboxylic acids is 2. The summed E-state index contributed by atoms with van der Waals surface area (Å²) in [6, 6.07) is 15.7. The Morgan fingerprint density at radius 2 is 1.71 bits per heavy atom. The van der Waals surface area contributed by atoms with Gasteiger partial charge in [-0.1, -0.05) is 62.4 Å². The fraction of sp³-hybridized carbons (Fsp3) is 0.423. The summed E-state index contributed by atoms with van der Waals surface area (Å²) in [5.74, 6) is -1.70. The van der Waals surface area contributed by atoms with Crippen molar-refractivity contribution in [3.8, 4) is 11.1 Å². The van der Waals surface area contributed by atoms with Crippen molar-refractivity contribution in [2.75, 3.05) is 19.8 Å². The van der Waals surface area contributed by atoms with Crippen LogP contribution in [0.4, 0.5) is 4.79 Å². The van der Waals surface area contributed by atoms with E-state index in [1.807, 2.05) is 50.2 Å². The topological polar surface area (TPSA) is 114 Å². The molecule has 1 saturated heterocycles. The van der Waals surface area contributed by atoms with Crippen molar-refractivity contribution in [2.45, 2.75) is 44.2 Å². The number of hydrogen-bond donors (Lipinski definition) is 3. The maximum absolute atomic E-state index is 12.7. The van der Waals surface area contributed by atoms with Crippen molar-refractivity contribution in [3.63, 3.8) is 0 Å². The number of carboxylic acid groups (broad SMARTS) is 1. The molecule has 3 N–H and O–H groups in total. The highest BCUT2D eigenvalue weighted by molar-refractivity contribution is 5.88. The van der Waals surface area contributed by atoms with Crippen LogP contribution in [0.15, 0.2) is 48.5 Å². The molecule has 1 unspecified atom stereocenters. The van der Waals surface area contributed by atoms with Crippen LogP contribution in [0.25, 0.3) is 11.1 Å². The van der Waals surface area contributed by atoms with Crippen LogP contribution in [0.3, 0.4) is 0 Å². The van der Waals surface area contributed by atoms with E-state index in [0.717, 1.165) is 22.3 Å². The molecule has 1 heterocycles. The number of hydrogen-bond acceptors (Lipinski definition) is 5. The summed E-state index contributed by atoms with van der Waals surface area (Å²) in [4.78, 5) is 36.9. The Kier molecular flexibility index (Phi) is 6.88. The molecule has 8 heteroatoms. The Morgan fingerprint density at radius 1 is 1.09 bits per heavy atom. The van der Waals surface area contributed by atoms with Gasteiger partial charge in [0.05, 0.1) is 6.61 Å². The Morgan fingerprint density at radius 3 is 2.24 bits per heavy atom. The third kappa shape index (κ3) is 4.77. The molecule has 2 aromatic carbocycles. The minimum absolute atomic E-state index is 0.0586. The Labute approximate surface area is 198 Å². The lowest BCUT2D eigenvalue weighted by Crippen LogP contribution is -2.56. The fourth-order valence-corrected chi connectivity index (χ4v) is 4.65. The second-order valence-electron chi connectivity index (χ2n) is 9.26. The van der Waals surface area contributed by atoms with E-state index >= 15 is 0 Å². The van der Waals surface area contributed by atoms with Gasteiger partial charge in [0.2, 0.25) is 5.91 Å². The van der Waals surface area contributed by atoms with Crippen LogP contribution in [-0.2, 0) is 19.1 Å². The third-order valence-corrected chi connectivity index (χ3v) is 6.67. The SMILES string of the molecule is CC(C)[C@H](CC(=O)NC1(C(=O)O)CCOC1)NC(=O)OCC1c2ccccc2-c2ccccc21. The molecule has 0 radical (unpaired) electrons. The average Bonchev–Trinajstić information content (AvgIpc) is 3.41. The van der Waals surface area contributed by atoms with E-state index in [0.29, 0.717) is 0 Å². The molecule has 34 heavy (non-hydrogen) atoms. The number of nitrogens with one attached hydrogen (secondary N) is 2. The maximum Gasteiger partial charge on any atom is 0.407 e. The van der Waals surface area contributed by atoms with Gasteiger partial charge >= 0.3 is 12.1 Å². The molecule has 180 valence electrons. The molecule has 0 bridgehead atoms. The first-order chi connectivity index (χ1) is 16.3. The Balaban J connectivity index is 1.37. The van der Waals surface area contributed by atoms with Crippen molar-refractivity contribution in [2.24, 2.45) is 5.92 Å². The third-order valence-electron chi connectivity index (χ3n) is 6.67. The monoisotopic (exact) mass is 466 g/mol. The first kappa shape index (κ1) is 23.8. The molecule has 0 spiro atoms.